The van der Waals surface area contributed by atoms with Crippen LogP contribution in [0.25, 0.3) is 5.57 Å². The fourth-order valence-corrected chi connectivity index (χ4v) is 5.94. The average Bonchev–Trinajstić information content (AvgIpc) is 2.75. The van der Waals surface area contributed by atoms with Crippen LogP contribution in [0.4, 0.5) is 21.0 Å². The first-order valence-electron chi connectivity index (χ1n) is 13.1. The number of rotatable bonds is 1. The molecule has 8 heteroatoms. The van der Waals surface area contributed by atoms with E-state index in [2.05, 4.69) is 134 Å². The van der Waals surface area contributed by atoms with E-state index in [0.717, 1.165) is 0 Å². The van der Waals surface area contributed by atoms with Gasteiger partial charge in [0.15, 0.2) is 12.4 Å². The van der Waals surface area contributed by atoms with Crippen LogP contribution in [0.5, 0.6) is 0 Å². The van der Waals surface area contributed by atoms with Crippen molar-refractivity contribution in [2.75, 3.05) is 0 Å². The number of allylic oxidation sites excluding steroid dienone is 14. The van der Waals surface area contributed by atoms with E-state index in [9.17, 15) is 21.0 Å². The average molecular weight is 582 g/mol. The van der Waals surface area contributed by atoms with Crippen LogP contribution >= 0.6 is 8.16 Å². The maximum absolute atomic E-state index is 9.84. The predicted molar refractivity (Wildman–Crippen MR) is 152 cm³/mol. The summed E-state index contributed by atoms with van der Waals surface area (Å²) in [5.74, 6) is 0. The standard InChI is InChI=1S/C32H38N.F5P.FH/c1-29(2,3)24-16-22-10-11-23-17-25(30(4,5)6)20-28-27(21-12-14-33(9)15-13-21)19-26(18-24)31(22,7)32(23,28)8;1-6(2,3,4)5;/h10-20H,1-9H3;;1H/q+1;;/p-1/t31-,32-;;/m0../s1. The largest absolute Gasteiger partial charge is 1.00 e. The Bertz CT molecular complexity index is 1430. The Morgan fingerprint density at radius 2 is 1.07 bits per heavy atom. The molecule has 0 fully saturated rings. The quantitative estimate of drug-likeness (QED) is 0.183. The molecule has 0 radical (unpaired) electrons. The summed E-state index contributed by atoms with van der Waals surface area (Å²) < 4.78 is 51.3. The Hall–Kier alpha value is -2.66. The van der Waals surface area contributed by atoms with Crippen LogP contribution in [-0.2, 0) is 7.05 Å². The molecule has 4 aliphatic rings. The smallest absolute Gasteiger partial charge is 1.00 e. The van der Waals surface area contributed by atoms with Gasteiger partial charge in [0.1, 0.15) is 7.05 Å². The van der Waals surface area contributed by atoms with Gasteiger partial charge in [0.05, 0.1) is 0 Å². The Morgan fingerprint density at radius 3 is 1.52 bits per heavy atom. The van der Waals surface area contributed by atoms with E-state index in [1.54, 1.807) is 0 Å². The fourth-order valence-electron chi connectivity index (χ4n) is 5.94. The predicted octanol–water partition coefficient (Wildman–Crippen LogP) is 7.58. The number of hydrogen-bond donors (Lipinski definition) is 0. The number of halogens is 6. The number of pyridine rings is 1. The number of nitrogens with zero attached hydrogens (tertiary/aromatic N) is 1. The van der Waals surface area contributed by atoms with E-state index < -0.39 is 8.16 Å². The molecule has 0 aromatic carbocycles. The van der Waals surface area contributed by atoms with Crippen LogP contribution in [0.3, 0.4) is 0 Å². The third-order valence-corrected chi connectivity index (χ3v) is 8.56. The van der Waals surface area contributed by atoms with Crippen molar-refractivity contribution in [1.29, 1.82) is 0 Å². The van der Waals surface area contributed by atoms with Gasteiger partial charge in [-0.25, -0.2) is 4.57 Å². The van der Waals surface area contributed by atoms with E-state index >= 15 is 0 Å². The Morgan fingerprint density at radius 1 is 0.650 bits per heavy atom. The van der Waals surface area contributed by atoms with Gasteiger partial charge in [0.25, 0.3) is 0 Å². The molecule has 1 aromatic rings. The van der Waals surface area contributed by atoms with Crippen LogP contribution in [0.15, 0.2) is 100 Å². The van der Waals surface area contributed by atoms with Gasteiger partial charge < -0.3 is 4.70 Å². The molecular weight excluding hydrogens is 543 g/mol. The van der Waals surface area contributed by atoms with Crippen molar-refractivity contribution in [3.05, 3.63) is 106 Å². The SMILES string of the molecule is C[n+]1ccc(C2=C3C=C(C(C)(C)C)C=C4C=CC5=CC(C(C)(C)C)=CC(=C2)[C@@]5(C)[C@@]43C)cc1.FP(F)(F)(F)F.[F-]. The first-order valence-corrected chi connectivity index (χ1v) is 14.8. The van der Waals surface area contributed by atoms with Crippen LogP contribution in [-0.4, -0.2) is 0 Å². The summed E-state index contributed by atoms with van der Waals surface area (Å²) in [7, 11) is -6.47. The summed E-state index contributed by atoms with van der Waals surface area (Å²) in [6.45, 7) is 18.9. The van der Waals surface area contributed by atoms with E-state index in [1.165, 1.54) is 44.6 Å². The first kappa shape index (κ1) is 31.9. The molecule has 40 heavy (non-hydrogen) atoms. The zero-order valence-corrected chi connectivity index (χ0v) is 25.4. The number of hydrogen-bond acceptors (Lipinski definition) is 0. The van der Waals surface area contributed by atoms with Gasteiger partial charge in [-0.05, 0) is 61.5 Å². The molecule has 0 unspecified atom stereocenters. The molecule has 0 bridgehead atoms. The minimum absolute atomic E-state index is 0. The van der Waals surface area contributed by atoms with Crippen molar-refractivity contribution in [3.63, 3.8) is 0 Å². The molecule has 0 saturated heterocycles. The van der Waals surface area contributed by atoms with Crippen molar-refractivity contribution in [3.8, 4) is 0 Å². The van der Waals surface area contributed by atoms with Gasteiger partial charge in [-0.1, -0.05) is 91.8 Å². The molecule has 4 aliphatic carbocycles. The Balaban J connectivity index is 0.000000570. The van der Waals surface area contributed by atoms with Crippen molar-refractivity contribution in [2.45, 2.75) is 55.4 Å². The van der Waals surface area contributed by atoms with Gasteiger partial charge in [0, 0.05) is 23.0 Å². The molecule has 0 saturated carbocycles. The Labute approximate surface area is 234 Å². The summed E-state index contributed by atoms with van der Waals surface area (Å²) >= 11 is 0. The zero-order valence-electron chi connectivity index (χ0n) is 24.5. The monoisotopic (exact) mass is 581 g/mol. The van der Waals surface area contributed by atoms with Crippen molar-refractivity contribution in [2.24, 2.45) is 28.7 Å². The van der Waals surface area contributed by atoms with E-state index in [-0.39, 0.29) is 26.4 Å². The maximum atomic E-state index is 9.84. The fraction of sp³-hybridized carbons (Fsp3) is 0.406. The molecule has 0 spiro atoms. The molecule has 1 nitrogen and oxygen atoms in total. The molecule has 0 aliphatic heterocycles. The van der Waals surface area contributed by atoms with Crippen molar-refractivity contribution >= 4 is 13.7 Å². The van der Waals surface area contributed by atoms with E-state index in [0.29, 0.717) is 0 Å². The third kappa shape index (κ3) is 5.72. The van der Waals surface area contributed by atoms with E-state index in [4.69, 9.17) is 0 Å². The molecule has 1 aromatic heterocycles. The zero-order chi connectivity index (χ0) is 29.4. The van der Waals surface area contributed by atoms with Gasteiger partial charge in [-0.15, -0.1) is 0 Å². The van der Waals surface area contributed by atoms with Gasteiger partial charge in [-0.2, -0.15) is 0 Å². The van der Waals surface area contributed by atoms with E-state index in [1.807, 2.05) is 0 Å². The minimum atomic E-state index is -8.55. The summed E-state index contributed by atoms with van der Waals surface area (Å²) in [6, 6.07) is 4.53. The van der Waals surface area contributed by atoms with Crippen molar-refractivity contribution in [1.82, 2.24) is 0 Å². The van der Waals surface area contributed by atoms with Crippen LogP contribution in [0.1, 0.15) is 61.0 Å². The van der Waals surface area contributed by atoms with Crippen LogP contribution in [0.2, 0.25) is 0 Å². The molecule has 0 amide bonds. The molecule has 1 heterocycles. The Kier molecular flexibility index (Phi) is 7.52. The minimum Gasteiger partial charge on any atom is -1.00 e. The second-order valence-corrected chi connectivity index (χ2v) is 14.6. The van der Waals surface area contributed by atoms with Crippen LogP contribution in [0, 0.1) is 21.7 Å². The number of aryl methyl sites for hydroxylation is 1. The summed E-state index contributed by atoms with van der Waals surface area (Å²) in [6.07, 6.45) is 21.5. The summed E-state index contributed by atoms with van der Waals surface area (Å²) in [5.41, 5.74) is 11.2. The molecule has 0 N–H and O–H groups in total. The summed E-state index contributed by atoms with van der Waals surface area (Å²) in [5, 5.41) is 0. The molecule has 5 rings (SSSR count). The van der Waals surface area contributed by atoms with Gasteiger partial charge >= 0.3 is 29.1 Å². The van der Waals surface area contributed by atoms with Gasteiger partial charge in [-0.3, -0.25) is 0 Å². The number of aromatic nitrogens is 1. The maximum Gasteiger partial charge on any atom is -1.00 e. The molecule has 218 valence electrons. The molecule has 2 atom stereocenters. The third-order valence-electron chi connectivity index (χ3n) is 8.56. The second kappa shape index (κ2) is 9.44. The second-order valence-electron chi connectivity index (χ2n) is 13.3. The molecular formula is C32H38F6NP. The normalized spacial score (nSPS) is 26.4. The van der Waals surface area contributed by atoms with Crippen LogP contribution < -0.4 is 9.27 Å². The topological polar surface area (TPSA) is 3.88 Å². The summed E-state index contributed by atoms with van der Waals surface area (Å²) in [4.78, 5) is 0. The van der Waals surface area contributed by atoms with Gasteiger partial charge in [0.2, 0.25) is 0 Å². The first-order chi connectivity index (χ1) is 17.5. The van der Waals surface area contributed by atoms with Crippen molar-refractivity contribution < 1.29 is 30.3 Å².